The Morgan fingerprint density at radius 2 is 2.07 bits per heavy atom. The van der Waals surface area contributed by atoms with Crippen molar-refractivity contribution in [2.75, 3.05) is 5.32 Å². The molecular weight excluding hydrogens is 365 g/mol. The fourth-order valence-corrected chi connectivity index (χ4v) is 4.57. The molecule has 4 rings (SSSR count). The summed E-state index contributed by atoms with van der Waals surface area (Å²) >= 11 is 6.07. The third-order valence-electron chi connectivity index (χ3n) is 5.21. The minimum absolute atomic E-state index is 0.195. The van der Waals surface area contributed by atoms with Crippen LogP contribution in [0.4, 0.5) is 10.2 Å². The van der Waals surface area contributed by atoms with Gasteiger partial charge in [-0.1, -0.05) is 32.4 Å². The van der Waals surface area contributed by atoms with E-state index in [0.29, 0.717) is 22.4 Å². The van der Waals surface area contributed by atoms with Crippen molar-refractivity contribution < 1.29 is 4.39 Å². The number of nitrogens with zero attached hydrogens (tertiary/aromatic N) is 3. The summed E-state index contributed by atoms with van der Waals surface area (Å²) in [5.74, 6) is 0.847. The number of fused-ring (bicyclic) bond motifs is 1. The first kappa shape index (κ1) is 18.2. The van der Waals surface area contributed by atoms with Crippen LogP contribution in [0.5, 0.6) is 0 Å². The van der Waals surface area contributed by atoms with E-state index >= 15 is 0 Å². The zero-order valence-corrected chi connectivity index (χ0v) is 16.4. The SMILES string of the molecule is C[C@@H]1C[C@H](Nc2nc(-c3c[nH]c4ncc(Cl)cc34)ncc2F)CC(C)(C)C1. The van der Waals surface area contributed by atoms with Crippen LogP contribution >= 0.6 is 11.6 Å². The highest BCUT2D eigenvalue weighted by molar-refractivity contribution is 6.31. The van der Waals surface area contributed by atoms with E-state index in [0.717, 1.165) is 23.8 Å². The molecule has 0 radical (unpaired) electrons. The molecule has 3 aromatic rings. The molecule has 0 bridgehead atoms. The third kappa shape index (κ3) is 3.76. The second kappa shape index (κ2) is 6.75. The van der Waals surface area contributed by atoms with Gasteiger partial charge < -0.3 is 10.3 Å². The predicted molar refractivity (Wildman–Crippen MR) is 106 cm³/mol. The molecule has 3 heterocycles. The van der Waals surface area contributed by atoms with Gasteiger partial charge in [-0.3, -0.25) is 0 Å². The van der Waals surface area contributed by atoms with Gasteiger partial charge in [-0.25, -0.2) is 19.3 Å². The maximum Gasteiger partial charge on any atom is 0.183 e. The number of hydrogen-bond donors (Lipinski definition) is 2. The molecule has 0 spiro atoms. The lowest BCUT2D eigenvalue weighted by Crippen LogP contribution is -2.36. The molecule has 0 amide bonds. The number of aromatic amines is 1. The van der Waals surface area contributed by atoms with E-state index in [9.17, 15) is 4.39 Å². The second-order valence-electron chi connectivity index (χ2n) is 8.40. The average Bonchev–Trinajstić information content (AvgIpc) is 2.98. The molecule has 142 valence electrons. The molecule has 5 nitrogen and oxygen atoms in total. The largest absolute Gasteiger partial charge is 0.365 e. The molecule has 7 heteroatoms. The summed E-state index contributed by atoms with van der Waals surface area (Å²) in [4.78, 5) is 16.0. The van der Waals surface area contributed by atoms with Crippen molar-refractivity contribution in [1.29, 1.82) is 0 Å². The molecule has 1 saturated carbocycles. The summed E-state index contributed by atoms with van der Waals surface area (Å²) < 4.78 is 14.4. The van der Waals surface area contributed by atoms with Crippen molar-refractivity contribution in [1.82, 2.24) is 19.9 Å². The third-order valence-corrected chi connectivity index (χ3v) is 5.42. The van der Waals surface area contributed by atoms with Crippen LogP contribution in [0.15, 0.2) is 24.7 Å². The summed E-state index contributed by atoms with van der Waals surface area (Å²) in [6.45, 7) is 6.78. The molecule has 0 unspecified atom stereocenters. The summed E-state index contributed by atoms with van der Waals surface area (Å²) in [6.07, 6.45) is 7.76. The van der Waals surface area contributed by atoms with Gasteiger partial charge in [-0.15, -0.1) is 0 Å². The summed E-state index contributed by atoms with van der Waals surface area (Å²) in [5.41, 5.74) is 1.68. The van der Waals surface area contributed by atoms with E-state index < -0.39 is 5.82 Å². The zero-order chi connectivity index (χ0) is 19.2. The van der Waals surface area contributed by atoms with Crippen LogP contribution in [0, 0.1) is 17.2 Å². The number of H-pyrrole nitrogens is 1. The number of halogens is 2. The molecule has 0 aromatic carbocycles. The first-order valence-electron chi connectivity index (χ1n) is 9.23. The molecule has 0 saturated heterocycles. The van der Waals surface area contributed by atoms with Gasteiger partial charge in [0.2, 0.25) is 0 Å². The van der Waals surface area contributed by atoms with Crippen molar-refractivity contribution in [3.8, 4) is 11.4 Å². The van der Waals surface area contributed by atoms with Crippen LogP contribution in [-0.2, 0) is 0 Å². The number of hydrogen-bond acceptors (Lipinski definition) is 4. The molecule has 1 fully saturated rings. The van der Waals surface area contributed by atoms with E-state index in [4.69, 9.17) is 11.6 Å². The lowest BCUT2D eigenvalue weighted by molar-refractivity contribution is 0.177. The molecule has 1 aliphatic rings. The highest BCUT2D eigenvalue weighted by atomic mass is 35.5. The number of anilines is 1. The minimum atomic E-state index is -0.439. The Morgan fingerprint density at radius 1 is 1.26 bits per heavy atom. The van der Waals surface area contributed by atoms with Crippen molar-refractivity contribution in [3.05, 3.63) is 35.5 Å². The van der Waals surface area contributed by atoms with E-state index in [-0.39, 0.29) is 17.3 Å². The lowest BCUT2D eigenvalue weighted by atomic mass is 9.70. The van der Waals surface area contributed by atoms with Gasteiger partial charge in [0.15, 0.2) is 17.5 Å². The minimum Gasteiger partial charge on any atom is -0.365 e. The number of rotatable bonds is 3. The summed E-state index contributed by atoms with van der Waals surface area (Å²) in [6, 6.07) is 2.00. The monoisotopic (exact) mass is 387 g/mol. The van der Waals surface area contributed by atoms with E-state index in [2.05, 4.69) is 46.0 Å². The maximum atomic E-state index is 14.4. The molecule has 2 atom stereocenters. The van der Waals surface area contributed by atoms with Gasteiger partial charge in [-0.05, 0) is 36.7 Å². The maximum absolute atomic E-state index is 14.4. The van der Waals surface area contributed by atoms with E-state index in [1.165, 1.54) is 12.6 Å². The van der Waals surface area contributed by atoms with Gasteiger partial charge in [0.05, 0.1) is 11.2 Å². The molecular formula is C20H23ClFN5. The lowest BCUT2D eigenvalue weighted by Gasteiger charge is -2.39. The number of aromatic nitrogens is 4. The highest BCUT2D eigenvalue weighted by Crippen LogP contribution is 2.39. The van der Waals surface area contributed by atoms with Crippen molar-refractivity contribution in [3.63, 3.8) is 0 Å². The van der Waals surface area contributed by atoms with Gasteiger partial charge in [-0.2, -0.15) is 0 Å². The van der Waals surface area contributed by atoms with E-state index in [1.54, 1.807) is 18.5 Å². The quantitative estimate of drug-likeness (QED) is 0.628. The average molecular weight is 388 g/mol. The van der Waals surface area contributed by atoms with Crippen molar-refractivity contribution in [2.24, 2.45) is 11.3 Å². The Kier molecular flexibility index (Phi) is 4.54. The first-order chi connectivity index (χ1) is 12.8. The molecule has 3 aromatic heterocycles. The van der Waals surface area contributed by atoms with Crippen LogP contribution in [0.3, 0.4) is 0 Å². The Hall–Kier alpha value is -2.21. The molecule has 27 heavy (non-hydrogen) atoms. The Labute approximate surface area is 162 Å². The Balaban J connectivity index is 1.66. The van der Waals surface area contributed by atoms with Gasteiger partial charge in [0.25, 0.3) is 0 Å². The van der Waals surface area contributed by atoms with Gasteiger partial charge >= 0.3 is 0 Å². The normalized spacial score (nSPS) is 22.1. The second-order valence-corrected chi connectivity index (χ2v) is 8.83. The van der Waals surface area contributed by atoms with E-state index in [1.807, 2.05) is 0 Å². The first-order valence-corrected chi connectivity index (χ1v) is 9.60. The zero-order valence-electron chi connectivity index (χ0n) is 15.7. The summed E-state index contributed by atoms with van der Waals surface area (Å²) in [7, 11) is 0. The number of pyridine rings is 1. The molecule has 1 aliphatic carbocycles. The Bertz CT molecular complexity index is 984. The Morgan fingerprint density at radius 3 is 2.85 bits per heavy atom. The predicted octanol–water partition coefficient (Wildman–Crippen LogP) is 5.44. The molecule has 0 aliphatic heterocycles. The van der Waals surface area contributed by atoms with Gasteiger partial charge in [0.1, 0.15) is 5.65 Å². The topological polar surface area (TPSA) is 66.5 Å². The number of nitrogens with one attached hydrogen (secondary N) is 2. The summed E-state index contributed by atoms with van der Waals surface area (Å²) in [5, 5.41) is 4.66. The van der Waals surface area contributed by atoms with Crippen molar-refractivity contribution >= 4 is 28.5 Å². The van der Waals surface area contributed by atoms with Crippen LogP contribution in [0.25, 0.3) is 22.4 Å². The highest BCUT2D eigenvalue weighted by Gasteiger charge is 2.32. The fourth-order valence-electron chi connectivity index (χ4n) is 4.41. The fraction of sp³-hybridized carbons (Fsp3) is 0.450. The van der Waals surface area contributed by atoms with Gasteiger partial charge in [0, 0.05) is 29.4 Å². The standard InChI is InChI=1S/C20H23ClFN5/c1-11-4-13(7-20(2,3)6-11)26-19-16(22)10-25-18(27-19)15-9-24-17-14(15)5-12(21)8-23-17/h5,8-11,13H,4,6-7H2,1-3H3,(H,23,24)(H,25,26,27)/t11-,13+/m1/s1. The van der Waals surface area contributed by atoms with Crippen LogP contribution in [-0.4, -0.2) is 26.0 Å². The smallest absolute Gasteiger partial charge is 0.183 e. The molecule has 2 N–H and O–H groups in total. The van der Waals surface area contributed by atoms with Crippen LogP contribution in [0.2, 0.25) is 5.02 Å². The van der Waals surface area contributed by atoms with Crippen molar-refractivity contribution in [2.45, 2.75) is 46.1 Å². The van der Waals surface area contributed by atoms with Crippen LogP contribution in [0.1, 0.15) is 40.0 Å². The van der Waals surface area contributed by atoms with Crippen LogP contribution < -0.4 is 5.32 Å².